The first kappa shape index (κ1) is 11.1. The molecule has 78 valence electrons. The first-order valence-corrected chi connectivity index (χ1v) is 4.70. The minimum Gasteiger partial charge on any atom is -0.508 e. The lowest BCUT2D eigenvalue weighted by Crippen LogP contribution is -2.11. The van der Waals surface area contributed by atoms with Crippen LogP contribution in [0.5, 0.6) is 11.5 Å². The number of phenolic OH excluding ortho intramolecular Hbond substituents is 2. The molecule has 1 rings (SSSR count). The molecule has 2 unspecified atom stereocenters. The summed E-state index contributed by atoms with van der Waals surface area (Å²) in [5, 5.41) is 28.1. The number of aromatic hydroxyl groups is 2. The summed E-state index contributed by atoms with van der Waals surface area (Å²) in [6.45, 7) is 3.40. The van der Waals surface area contributed by atoms with E-state index in [0.717, 1.165) is 0 Å². The van der Waals surface area contributed by atoms with Gasteiger partial charge in [-0.25, -0.2) is 0 Å². The van der Waals surface area contributed by atoms with E-state index in [9.17, 15) is 15.3 Å². The van der Waals surface area contributed by atoms with Gasteiger partial charge in [-0.05, 0) is 18.6 Å². The van der Waals surface area contributed by atoms with E-state index in [0.29, 0.717) is 5.56 Å². The maximum atomic E-state index is 9.36. The lowest BCUT2D eigenvalue weighted by Gasteiger charge is -2.17. The molecule has 0 bridgehead atoms. The van der Waals surface area contributed by atoms with Gasteiger partial charge in [-0.1, -0.05) is 18.5 Å². The van der Waals surface area contributed by atoms with Crippen molar-refractivity contribution in [1.82, 2.24) is 0 Å². The third kappa shape index (κ3) is 2.11. The minimum atomic E-state index is -0.589. The Kier molecular flexibility index (Phi) is 3.24. The topological polar surface area (TPSA) is 60.7 Å². The van der Waals surface area contributed by atoms with Crippen LogP contribution in [-0.2, 0) is 0 Å². The molecule has 0 amide bonds. The largest absolute Gasteiger partial charge is 0.508 e. The number of hydrogen-bond acceptors (Lipinski definition) is 3. The predicted octanol–water partition coefficient (Wildman–Crippen LogP) is 2.24. The quantitative estimate of drug-likeness (QED) is 0.711. The van der Waals surface area contributed by atoms with Crippen LogP contribution in [0.15, 0.2) is 12.1 Å². The normalized spacial score (nSPS) is 15.1. The first-order chi connectivity index (χ1) is 6.43. The van der Waals surface area contributed by atoms with E-state index in [1.807, 2.05) is 0 Å². The van der Waals surface area contributed by atoms with Crippen LogP contribution in [0.2, 0.25) is 5.02 Å². The molecule has 2 atom stereocenters. The van der Waals surface area contributed by atoms with Crippen LogP contribution >= 0.6 is 11.6 Å². The van der Waals surface area contributed by atoms with E-state index < -0.39 is 6.10 Å². The molecule has 0 spiro atoms. The highest BCUT2D eigenvalue weighted by Gasteiger charge is 2.17. The maximum Gasteiger partial charge on any atom is 0.138 e. The molecular formula is C10H13ClO3. The van der Waals surface area contributed by atoms with Gasteiger partial charge in [0, 0.05) is 12.0 Å². The maximum absolute atomic E-state index is 9.36. The van der Waals surface area contributed by atoms with Crippen molar-refractivity contribution in [2.75, 3.05) is 0 Å². The number of aliphatic hydroxyl groups is 1. The summed E-state index contributed by atoms with van der Waals surface area (Å²) in [5.74, 6) is -0.468. The molecule has 0 saturated heterocycles. The van der Waals surface area contributed by atoms with Gasteiger partial charge in [0.05, 0.1) is 11.1 Å². The molecule has 4 heteroatoms. The molecule has 1 aromatic rings. The smallest absolute Gasteiger partial charge is 0.138 e. The molecule has 3 N–H and O–H groups in total. The summed E-state index contributed by atoms with van der Waals surface area (Å²) in [6.07, 6.45) is -0.589. The molecule has 1 aromatic carbocycles. The van der Waals surface area contributed by atoms with Crippen molar-refractivity contribution < 1.29 is 15.3 Å². The van der Waals surface area contributed by atoms with E-state index in [4.69, 9.17) is 11.6 Å². The van der Waals surface area contributed by atoms with Crippen molar-refractivity contribution in [1.29, 1.82) is 0 Å². The average Bonchev–Trinajstić information content (AvgIpc) is 2.09. The Morgan fingerprint density at radius 3 is 2.29 bits per heavy atom. The van der Waals surface area contributed by atoms with E-state index >= 15 is 0 Å². The molecule has 0 heterocycles. The van der Waals surface area contributed by atoms with Gasteiger partial charge in [-0.2, -0.15) is 0 Å². The van der Waals surface area contributed by atoms with E-state index in [1.165, 1.54) is 12.1 Å². The van der Waals surface area contributed by atoms with Crippen molar-refractivity contribution in [3.63, 3.8) is 0 Å². The lowest BCUT2D eigenvalue weighted by atomic mass is 9.96. The molecule has 14 heavy (non-hydrogen) atoms. The van der Waals surface area contributed by atoms with E-state index in [1.54, 1.807) is 13.8 Å². The molecule has 0 aliphatic carbocycles. The summed E-state index contributed by atoms with van der Waals surface area (Å²) in [6, 6.07) is 2.61. The molecule has 3 nitrogen and oxygen atoms in total. The standard InChI is InChI=1S/C10H13ClO3/c1-5(6(2)12)8-3-7(13)4-9(14)10(8)11/h3-6,12-14H,1-2H3. The van der Waals surface area contributed by atoms with E-state index in [2.05, 4.69) is 0 Å². The van der Waals surface area contributed by atoms with Gasteiger partial charge in [0.25, 0.3) is 0 Å². The Morgan fingerprint density at radius 2 is 1.79 bits per heavy atom. The summed E-state index contributed by atoms with van der Waals surface area (Å²) in [4.78, 5) is 0. The van der Waals surface area contributed by atoms with Crippen LogP contribution in [0.4, 0.5) is 0 Å². The Balaban J connectivity index is 3.20. The molecule has 0 aliphatic heterocycles. The van der Waals surface area contributed by atoms with Crippen LogP contribution in [0.3, 0.4) is 0 Å². The van der Waals surface area contributed by atoms with Crippen LogP contribution < -0.4 is 0 Å². The predicted molar refractivity (Wildman–Crippen MR) is 54.9 cm³/mol. The molecule has 0 aromatic heterocycles. The highest BCUT2D eigenvalue weighted by atomic mass is 35.5. The van der Waals surface area contributed by atoms with Crippen LogP contribution in [0.25, 0.3) is 0 Å². The van der Waals surface area contributed by atoms with Crippen molar-refractivity contribution >= 4 is 11.6 Å². The number of phenols is 2. The highest BCUT2D eigenvalue weighted by Crippen LogP contribution is 2.36. The van der Waals surface area contributed by atoms with Crippen molar-refractivity contribution in [3.05, 3.63) is 22.7 Å². The molecule has 0 aliphatic rings. The monoisotopic (exact) mass is 216 g/mol. The Bertz CT molecular complexity index is 336. The second kappa shape index (κ2) is 4.07. The van der Waals surface area contributed by atoms with Gasteiger partial charge < -0.3 is 15.3 Å². The third-order valence-electron chi connectivity index (χ3n) is 2.28. The number of benzene rings is 1. The van der Waals surface area contributed by atoms with Crippen LogP contribution in [0, 0.1) is 0 Å². The zero-order chi connectivity index (χ0) is 10.9. The van der Waals surface area contributed by atoms with Gasteiger partial charge in [0.1, 0.15) is 11.5 Å². The average molecular weight is 217 g/mol. The Hall–Kier alpha value is -0.930. The lowest BCUT2D eigenvalue weighted by molar-refractivity contribution is 0.169. The summed E-state index contributed by atoms with van der Waals surface area (Å²) >= 11 is 5.83. The molecule has 0 fully saturated rings. The third-order valence-corrected chi connectivity index (χ3v) is 2.69. The highest BCUT2D eigenvalue weighted by molar-refractivity contribution is 6.32. The zero-order valence-corrected chi connectivity index (χ0v) is 8.78. The van der Waals surface area contributed by atoms with Gasteiger partial charge >= 0.3 is 0 Å². The molecule has 0 radical (unpaired) electrons. The number of halogens is 1. The second-order valence-electron chi connectivity index (χ2n) is 3.40. The number of rotatable bonds is 2. The van der Waals surface area contributed by atoms with Gasteiger partial charge in [-0.15, -0.1) is 0 Å². The van der Waals surface area contributed by atoms with Gasteiger partial charge in [0.15, 0.2) is 0 Å². The summed E-state index contributed by atoms with van der Waals surface area (Å²) in [7, 11) is 0. The van der Waals surface area contributed by atoms with Crippen LogP contribution in [-0.4, -0.2) is 21.4 Å². The SMILES string of the molecule is CC(O)C(C)c1cc(O)cc(O)c1Cl. The first-order valence-electron chi connectivity index (χ1n) is 4.33. The number of hydrogen-bond donors (Lipinski definition) is 3. The summed E-state index contributed by atoms with van der Waals surface area (Å²) < 4.78 is 0. The zero-order valence-electron chi connectivity index (χ0n) is 8.03. The molecular weight excluding hydrogens is 204 g/mol. The fourth-order valence-corrected chi connectivity index (χ4v) is 1.49. The fraction of sp³-hybridized carbons (Fsp3) is 0.400. The van der Waals surface area contributed by atoms with E-state index in [-0.39, 0.29) is 22.4 Å². The van der Waals surface area contributed by atoms with Crippen molar-refractivity contribution in [3.8, 4) is 11.5 Å². The molecule has 0 saturated carbocycles. The minimum absolute atomic E-state index is 0.0607. The Labute approximate surface area is 87.6 Å². The number of aliphatic hydroxyl groups excluding tert-OH is 1. The van der Waals surface area contributed by atoms with Crippen molar-refractivity contribution in [2.24, 2.45) is 0 Å². The fourth-order valence-electron chi connectivity index (χ4n) is 1.21. The van der Waals surface area contributed by atoms with Gasteiger partial charge in [-0.3, -0.25) is 0 Å². The second-order valence-corrected chi connectivity index (χ2v) is 3.78. The van der Waals surface area contributed by atoms with Crippen LogP contribution in [0.1, 0.15) is 25.3 Å². The summed E-state index contributed by atoms with van der Waals surface area (Å²) in [5.41, 5.74) is 0.541. The Morgan fingerprint density at radius 1 is 1.21 bits per heavy atom. The van der Waals surface area contributed by atoms with Gasteiger partial charge in [0.2, 0.25) is 0 Å². The van der Waals surface area contributed by atoms with Crippen molar-refractivity contribution in [2.45, 2.75) is 25.9 Å².